The average Bonchev–Trinajstić information content (AvgIpc) is 3.96. The van der Waals surface area contributed by atoms with E-state index >= 15 is 0 Å². The highest BCUT2D eigenvalue weighted by Crippen LogP contribution is 2.48. The smallest absolute Gasteiger partial charge is 0.143 e. The zero-order valence-corrected chi connectivity index (χ0v) is 37.2. The van der Waals surface area contributed by atoms with Crippen molar-refractivity contribution in [1.82, 2.24) is 4.57 Å². The maximum Gasteiger partial charge on any atom is 0.143 e. The molecule has 0 aliphatic rings. The van der Waals surface area contributed by atoms with Crippen molar-refractivity contribution in [2.24, 2.45) is 0 Å². The van der Waals surface area contributed by atoms with Gasteiger partial charge in [0.15, 0.2) is 0 Å². The van der Waals surface area contributed by atoms with E-state index < -0.39 is 0 Å². The predicted molar refractivity (Wildman–Crippen MR) is 286 cm³/mol. The molecule has 0 bridgehead atoms. The third-order valence-corrected chi connectivity index (χ3v) is 13.7. The Bertz CT molecular complexity index is 3810. The molecule has 2 aromatic heterocycles. The molecule has 318 valence electrons. The zero-order valence-electron chi connectivity index (χ0n) is 37.2. The quantitative estimate of drug-likeness (QED) is 0.149. The number of furan rings is 1. The van der Waals surface area contributed by atoms with E-state index in [1.165, 1.54) is 66.4 Å². The molecule has 2 heterocycles. The number of benzene rings is 11. The topological polar surface area (TPSA) is 18.1 Å². The van der Waals surface area contributed by atoms with E-state index in [4.69, 9.17) is 4.42 Å². The third-order valence-electron chi connectivity index (χ3n) is 13.7. The van der Waals surface area contributed by atoms with Crippen molar-refractivity contribution in [3.05, 3.63) is 261 Å². The van der Waals surface area contributed by atoms with Gasteiger partial charge in [0, 0.05) is 32.7 Å². The summed E-state index contributed by atoms with van der Waals surface area (Å²) in [7, 11) is 0. The summed E-state index contributed by atoms with van der Waals surface area (Å²) in [6.45, 7) is 0. The standard InChI is InChI=1S/C66H43NO/c1-5-22-44(23-6-1)48-30-13-15-32-50(48)58-40-60-61-41-59(51-33-16-14-31-49(51)45-24-7-2-8-25-45)57(47-28-11-4-12-29-47)43-64(61)67(63(60)42-56(58)46-26-9-3-10-27-46)62-38-19-17-34-52(62)54-36-21-37-55-53-35-18-20-39-65(53)68-66(54)55/h1-43H. The minimum Gasteiger partial charge on any atom is -0.455 e. The van der Waals surface area contributed by atoms with Gasteiger partial charge in [-0.15, -0.1) is 0 Å². The lowest BCUT2D eigenvalue weighted by Gasteiger charge is -2.18. The van der Waals surface area contributed by atoms with Gasteiger partial charge in [-0.2, -0.15) is 0 Å². The summed E-state index contributed by atoms with van der Waals surface area (Å²) in [4.78, 5) is 0. The Hall–Kier alpha value is -8.98. The molecule has 2 nitrogen and oxygen atoms in total. The molecule has 0 amide bonds. The minimum atomic E-state index is 0.885. The summed E-state index contributed by atoms with van der Waals surface area (Å²) in [6, 6.07) is 94.6. The van der Waals surface area contributed by atoms with Crippen molar-refractivity contribution in [3.63, 3.8) is 0 Å². The van der Waals surface area contributed by atoms with E-state index in [-0.39, 0.29) is 0 Å². The zero-order chi connectivity index (χ0) is 45.0. The molecule has 0 radical (unpaired) electrons. The Balaban J connectivity index is 1.19. The molecular weight excluding hydrogens is 823 g/mol. The van der Waals surface area contributed by atoms with Crippen LogP contribution in [0.5, 0.6) is 0 Å². The molecule has 0 spiro atoms. The lowest BCUT2D eigenvalue weighted by Crippen LogP contribution is -1.99. The summed E-state index contributed by atoms with van der Waals surface area (Å²) in [5.74, 6) is 0. The number of rotatable bonds is 8. The summed E-state index contributed by atoms with van der Waals surface area (Å²) < 4.78 is 9.27. The largest absolute Gasteiger partial charge is 0.455 e. The van der Waals surface area contributed by atoms with Gasteiger partial charge in [-0.1, -0.05) is 224 Å². The number of fused-ring (bicyclic) bond motifs is 6. The van der Waals surface area contributed by atoms with Crippen LogP contribution in [0.25, 0.3) is 127 Å². The molecule has 68 heavy (non-hydrogen) atoms. The van der Waals surface area contributed by atoms with E-state index in [2.05, 4.69) is 259 Å². The summed E-state index contributed by atoms with van der Waals surface area (Å²) in [5.41, 5.74) is 21.4. The molecule has 0 aliphatic heterocycles. The molecule has 0 saturated carbocycles. The molecule has 0 fully saturated rings. The molecule has 0 saturated heterocycles. The Labute approximate surface area is 395 Å². The second-order valence-electron chi connectivity index (χ2n) is 17.5. The van der Waals surface area contributed by atoms with Gasteiger partial charge in [0.2, 0.25) is 0 Å². The van der Waals surface area contributed by atoms with Crippen molar-refractivity contribution in [1.29, 1.82) is 0 Å². The van der Waals surface area contributed by atoms with Gasteiger partial charge >= 0.3 is 0 Å². The van der Waals surface area contributed by atoms with E-state index in [0.29, 0.717) is 0 Å². The SMILES string of the molecule is c1ccc(-c2ccccc2-c2cc3c4cc(-c5ccccc5-c5ccccc5)c(-c5ccccc5)cc4n(-c4ccccc4-c4cccc5c4oc4ccccc45)c3cc2-c2ccccc2)cc1. The van der Waals surface area contributed by atoms with Gasteiger partial charge in [0.1, 0.15) is 11.2 Å². The predicted octanol–water partition coefficient (Wildman–Crippen LogP) is 18.4. The highest BCUT2D eigenvalue weighted by molar-refractivity contribution is 6.17. The van der Waals surface area contributed by atoms with Crippen LogP contribution in [-0.4, -0.2) is 4.57 Å². The summed E-state index contributed by atoms with van der Waals surface area (Å²) in [6.07, 6.45) is 0. The second kappa shape index (κ2) is 16.5. The molecule has 0 N–H and O–H groups in total. The number of aromatic nitrogens is 1. The average molecular weight is 866 g/mol. The molecule has 0 aliphatic carbocycles. The van der Waals surface area contributed by atoms with Crippen LogP contribution in [0.15, 0.2) is 265 Å². The lowest BCUT2D eigenvalue weighted by atomic mass is 9.87. The fourth-order valence-electron chi connectivity index (χ4n) is 10.6. The van der Waals surface area contributed by atoms with Gasteiger partial charge in [-0.3, -0.25) is 0 Å². The minimum absolute atomic E-state index is 0.885. The molecule has 0 atom stereocenters. The summed E-state index contributed by atoms with van der Waals surface area (Å²) >= 11 is 0. The first-order chi connectivity index (χ1) is 33.8. The van der Waals surface area contributed by atoms with Crippen LogP contribution in [0.4, 0.5) is 0 Å². The van der Waals surface area contributed by atoms with E-state index in [9.17, 15) is 0 Å². The highest BCUT2D eigenvalue weighted by atomic mass is 16.3. The Morgan fingerprint density at radius 2 is 0.618 bits per heavy atom. The van der Waals surface area contributed by atoms with E-state index in [1.807, 2.05) is 6.07 Å². The van der Waals surface area contributed by atoms with Gasteiger partial charge in [0.25, 0.3) is 0 Å². The van der Waals surface area contributed by atoms with Crippen molar-refractivity contribution < 1.29 is 4.42 Å². The highest BCUT2D eigenvalue weighted by Gasteiger charge is 2.24. The maximum absolute atomic E-state index is 6.75. The van der Waals surface area contributed by atoms with Gasteiger partial charge in [-0.05, 0) is 103 Å². The Kier molecular flexibility index (Phi) is 9.54. The molecule has 0 unspecified atom stereocenters. The van der Waals surface area contributed by atoms with Crippen LogP contribution in [-0.2, 0) is 0 Å². The molecule has 13 rings (SSSR count). The van der Waals surface area contributed by atoms with E-state index in [0.717, 1.165) is 60.9 Å². The monoisotopic (exact) mass is 865 g/mol. The number of para-hydroxylation sites is 3. The third kappa shape index (κ3) is 6.57. The van der Waals surface area contributed by atoms with Crippen molar-refractivity contribution in [2.45, 2.75) is 0 Å². The van der Waals surface area contributed by atoms with Crippen LogP contribution in [0.1, 0.15) is 0 Å². The van der Waals surface area contributed by atoms with Crippen molar-refractivity contribution in [2.75, 3.05) is 0 Å². The number of hydrogen-bond acceptors (Lipinski definition) is 1. The van der Waals surface area contributed by atoms with Crippen LogP contribution in [0, 0.1) is 0 Å². The first kappa shape index (κ1) is 39.4. The maximum atomic E-state index is 6.75. The van der Waals surface area contributed by atoms with Crippen molar-refractivity contribution in [3.8, 4) is 83.6 Å². The molecule has 11 aromatic carbocycles. The molecule has 13 aromatic rings. The first-order valence-electron chi connectivity index (χ1n) is 23.3. The molecule has 2 heteroatoms. The second-order valence-corrected chi connectivity index (χ2v) is 17.5. The van der Waals surface area contributed by atoms with Crippen LogP contribution in [0.3, 0.4) is 0 Å². The Morgan fingerprint density at radius 3 is 1.13 bits per heavy atom. The van der Waals surface area contributed by atoms with Gasteiger partial charge in [0.05, 0.1) is 16.7 Å². The summed E-state index contributed by atoms with van der Waals surface area (Å²) in [5, 5.41) is 4.57. The van der Waals surface area contributed by atoms with Crippen LogP contribution in [0.2, 0.25) is 0 Å². The van der Waals surface area contributed by atoms with Gasteiger partial charge < -0.3 is 8.98 Å². The molecular formula is C66H43NO. The van der Waals surface area contributed by atoms with Crippen LogP contribution < -0.4 is 0 Å². The normalized spacial score (nSPS) is 11.5. The van der Waals surface area contributed by atoms with Crippen LogP contribution >= 0.6 is 0 Å². The number of nitrogens with zero attached hydrogens (tertiary/aromatic N) is 1. The van der Waals surface area contributed by atoms with E-state index in [1.54, 1.807) is 0 Å². The fourth-order valence-corrected chi connectivity index (χ4v) is 10.6. The first-order valence-corrected chi connectivity index (χ1v) is 23.3. The fraction of sp³-hybridized carbons (Fsp3) is 0. The van der Waals surface area contributed by atoms with Crippen molar-refractivity contribution >= 4 is 43.7 Å². The lowest BCUT2D eigenvalue weighted by molar-refractivity contribution is 0.670. The Morgan fingerprint density at radius 1 is 0.235 bits per heavy atom. The van der Waals surface area contributed by atoms with Gasteiger partial charge in [-0.25, -0.2) is 0 Å². The number of hydrogen-bond donors (Lipinski definition) is 0.